The van der Waals surface area contributed by atoms with Gasteiger partial charge in [-0.1, -0.05) is 0 Å². The molecule has 98 valence electrons. The Morgan fingerprint density at radius 1 is 1.56 bits per heavy atom. The molecule has 0 radical (unpaired) electrons. The summed E-state index contributed by atoms with van der Waals surface area (Å²) in [6.45, 7) is 5.29. The Bertz CT molecular complexity index is 416. The van der Waals surface area contributed by atoms with Gasteiger partial charge in [0.05, 0.1) is 17.4 Å². The molecule has 1 fully saturated rings. The maximum atomic E-state index is 11.1. The number of hydrogen-bond donors (Lipinski definition) is 2. The summed E-state index contributed by atoms with van der Waals surface area (Å²) in [4.78, 5) is 17.4. The summed E-state index contributed by atoms with van der Waals surface area (Å²) in [5.74, 6) is -0.923. The van der Waals surface area contributed by atoms with Crippen LogP contribution >= 0.6 is 0 Å². The van der Waals surface area contributed by atoms with Crippen molar-refractivity contribution in [3.63, 3.8) is 0 Å². The van der Waals surface area contributed by atoms with Crippen molar-refractivity contribution in [2.75, 3.05) is 25.0 Å². The van der Waals surface area contributed by atoms with E-state index in [9.17, 15) is 4.79 Å². The highest BCUT2D eigenvalue weighted by atomic mass is 16.4. The second kappa shape index (κ2) is 5.82. The van der Waals surface area contributed by atoms with Gasteiger partial charge in [-0.15, -0.1) is 0 Å². The number of carboxylic acid groups (broad SMARTS) is 1. The second-order valence-electron chi connectivity index (χ2n) is 4.78. The van der Waals surface area contributed by atoms with E-state index in [4.69, 9.17) is 5.11 Å². The second-order valence-corrected chi connectivity index (χ2v) is 4.78. The lowest BCUT2D eigenvalue weighted by Gasteiger charge is -2.22. The fraction of sp³-hybridized carbons (Fsp3) is 0.538. The van der Waals surface area contributed by atoms with Gasteiger partial charge in [0, 0.05) is 18.8 Å². The molecule has 18 heavy (non-hydrogen) atoms. The molecule has 0 bridgehead atoms. The Hall–Kier alpha value is -1.62. The summed E-state index contributed by atoms with van der Waals surface area (Å²) in [5, 5.41) is 12.3. The number of aromatic carboxylic acids is 1. The van der Waals surface area contributed by atoms with E-state index in [0.717, 1.165) is 19.6 Å². The number of nitrogens with one attached hydrogen (secondary N) is 1. The summed E-state index contributed by atoms with van der Waals surface area (Å²) in [7, 11) is 0. The third kappa shape index (κ3) is 3.20. The van der Waals surface area contributed by atoms with Crippen LogP contribution in [0.3, 0.4) is 0 Å². The number of anilines is 1. The molecule has 0 aliphatic carbocycles. The number of likely N-dealkylation sites (tertiary alicyclic amines) is 1. The van der Waals surface area contributed by atoms with E-state index in [1.165, 1.54) is 25.1 Å². The zero-order chi connectivity index (χ0) is 13.0. The summed E-state index contributed by atoms with van der Waals surface area (Å²) in [6, 6.07) is 1.73. The van der Waals surface area contributed by atoms with Crippen molar-refractivity contribution < 1.29 is 9.90 Å². The third-order valence-corrected chi connectivity index (χ3v) is 3.18. The predicted octanol–water partition coefficient (Wildman–Crippen LogP) is 1.68. The van der Waals surface area contributed by atoms with Crippen LogP contribution in [0.5, 0.6) is 0 Å². The molecule has 0 spiro atoms. The minimum atomic E-state index is -0.923. The molecule has 1 aliphatic heterocycles. The minimum Gasteiger partial charge on any atom is -0.478 e. The maximum absolute atomic E-state index is 11.1. The Labute approximate surface area is 107 Å². The molecule has 1 saturated heterocycles. The molecule has 2 heterocycles. The fourth-order valence-electron chi connectivity index (χ4n) is 2.36. The van der Waals surface area contributed by atoms with E-state index in [1.54, 1.807) is 6.20 Å². The Kier molecular flexibility index (Phi) is 4.15. The fourth-order valence-corrected chi connectivity index (χ4v) is 2.36. The van der Waals surface area contributed by atoms with Crippen molar-refractivity contribution in [1.29, 1.82) is 0 Å². The summed E-state index contributed by atoms with van der Waals surface area (Å²) >= 11 is 0. The van der Waals surface area contributed by atoms with E-state index < -0.39 is 5.97 Å². The smallest absolute Gasteiger partial charge is 0.337 e. The first-order valence-corrected chi connectivity index (χ1v) is 6.33. The molecule has 5 heteroatoms. The quantitative estimate of drug-likeness (QED) is 0.831. The first-order valence-electron chi connectivity index (χ1n) is 6.33. The van der Waals surface area contributed by atoms with Gasteiger partial charge in [-0.2, -0.15) is 0 Å². The number of carboxylic acids is 1. The molecule has 0 saturated carbocycles. The van der Waals surface area contributed by atoms with Crippen molar-refractivity contribution in [3.8, 4) is 0 Å². The monoisotopic (exact) mass is 249 g/mol. The molecular weight excluding hydrogens is 230 g/mol. The number of carbonyl (C=O) groups is 1. The first kappa shape index (κ1) is 12.8. The van der Waals surface area contributed by atoms with Crippen LogP contribution in [0.2, 0.25) is 0 Å². The number of rotatable bonds is 5. The lowest BCUT2D eigenvalue weighted by atomic mass is 10.2. The molecule has 1 atom stereocenters. The van der Waals surface area contributed by atoms with Crippen LogP contribution in [-0.4, -0.2) is 46.6 Å². The summed E-state index contributed by atoms with van der Waals surface area (Å²) < 4.78 is 0. The van der Waals surface area contributed by atoms with E-state index in [-0.39, 0.29) is 11.6 Å². The van der Waals surface area contributed by atoms with E-state index >= 15 is 0 Å². The number of nitrogens with zero attached hydrogens (tertiary/aromatic N) is 2. The van der Waals surface area contributed by atoms with Gasteiger partial charge in [0.15, 0.2) is 0 Å². The van der Waals surface area contributed by atoms with Crippen molar-refractivity contribution in [2.45, 2.75) is 25.8 Å². The highest BCUT2D eigenvalue weighted by Gasteiger charge is 2.16. The van der Waals surface area contributed by atoms with Crippen LogP contribution in [0.15, 0.2) is 18.5 Å². The molecule has 1 aromatic heterocycles. The zero-order valence-corrected chi connectivity index (χ0v) is 10.6. The molecule has 5 nitrogen and oxygen atoms in total. The Morgan fingerprint density at radius 3 is 2.94 bits per heavy atom. The standard InChI is InChI=1S/C13H19N3O2/c1-10(9-16-6-2-3-7-16)15-12-8-14-5-4-11(12)13(17)18/h4-5,8,10,15H,2-3,6-7,9H2,1H3,(H,17,18). The van der Waals surface area contributed by atoms with Crippen LogP contribution in [0, 0.1) is 0 Å². The number of pyridine rings is 1. The average Bonchev–Trinajstić information content (AvgIpc) is 2.82. The first-order chi connectivity index (χ1) is 8.66. The predicted molar refractivity (Wildman–Crippen MR) is 70.0 cm³/mol. The van der Waals surface area contributed by atoms with Gasteiger partial charge in [0.25, 0.3) is 0 Å². The van der Waals surface area contributed by atoms with E-state index in [0.29, 0.717) is 5.69 Å². The highest BCUT2D eigenvalue weighted by molar-refractivity contribution is 5.93. The van der Waals surface area contributed by atoms with Crippen LogP contribution in [-0.2, 0) is 0 Å². The lowest BCUT2D eigenvalue weighted by Crippen LogP contribution is -2.33. The van der Waals surface area contributed by atoms with Crippen molar-refractivity contribution >= 4 is 11.7 Å². The van der Waals surface area contributed by atoms with Crippen molar-refractivity contribution in [3.05, 3.63) is 24.0 Å². The van der Waals surface area contributed by atoms with Gasteiger partial charge >= 0.3 is 5.97 Å². The average molecular weight is 249 g/mol. The molecule has 1 aliphatic rings. The maximum Gasteiger partial charge on any atom is 0.337 e. The lowest BCUT2D eigenvalue weighted by molar-refractivity contribution is 0.0698. The van der Waals surface area contributed by atoms with Gasteiger partial charge < -0.3 is 15.3 Å². The third-order valence-electron chi connectivity index (χ3n) is 3.18. The Morgan fingerprint density at radius 2 is 2.28 bits per heavy atom. The minimum absolute atomic E-state index is 0.213. The van der Waals surface area contributed by atoms with E-state index in [1.807, 2.05) is 0 Å². The van der Waals surface area contributed by atoms with Crippen LogP contribution in [0.25, 0.3) is 0 Å². The molecule has 0 aromatic carbocycles. The van der Waals surface area contributed by atoms with Gasteiger partial charge in [-0.25, -0.2) is 4.79 Å². The molecule has 0 amide bonds. The zero-order valence-electron chi connectivity index (χ0n) is 10.6. The molecule has 2 N–H and O–H groups in total. The summed E-state index contributed by atoms with van der Waals surface area (Å²) in [5.41, 5.74) is 0.870. The SMILES string of the molecule is CC(CN1CCCC1)Nc1cnccc1C(=O)O. The number of hydrogen-bond acceptors (Lipinski definition) is 4. The van der Waals surface area contributed by atoms with Crippen LogP contribution < -0.4 is 5.32 Å². The molecular formula is C13H19N3O2. The topological polar surface area (TPSA) is 65.5 Å². The normalized spacial score (nSPS) is 17.6. The van der Waals surface area contributed by atoms with Crippen molar-refractivity contribution in [2.24, 2.45) is 0 Å². The van der Waals surface area contributed by atoms with Crippen molar-refractivity contribution in [1.82, 2.24) is 9.88 Å². The van der Waals surface area contributed by atoms with Gasteiger partial charge in [-0.05, 0) is 38.9 Å². The largest absolute Gasteiger partial charge is 0.478 e. The Balaban J connectivity index is 1.97. The number of aromatic nitrogens is 1. The molecule has 1 aromatic rings. The van der Waals surface area contributed by atoms with Gasteiger partial charge in [0.1, 0.15) is 0 Å². The van der Waals surface area contributed by atoms with Gasteiger partial charge in [-0.3, -0.25) is 4.98 Å². The molecule has 2 rings (SSSR count). The van der Waals surface area contributed by atoms with E-state index in [2.05, 4.69) is 22.1 Å². The molecule has 1 unspecified atom stereocenters. The highest BCUT2D eigenvalue weighted by Crippen LogP contribution is 2.15. The summed E-state index contributed by atoms with van der Waals surface area (Å²) in [6.07, 6.45) is 5.60. The van der Waals surface area contributed by atoms with Crippen LogP contribution in [0.4, 0.5) is 5.69 Å². The van der Waals surface area contributed by atoms with Gasteiger partial charge in [0.2, 0.25) is 0 Å². The van der Waals surface area contributed by atoms with Crippen LogP contribution in [0.1, 0.15) is 30.1 Å².